The van der Waals surface area contributed by atoms with Gasteiger partial charge in [-0.05, 0) is 31.2 Å². The SMILES string of the molecule is CC(C)c1ccccc1.CCCCC(CC)OCC. The molecule has 0 spiro atoms. The number of hydrogen-bond acceptors (Lipinski definition) is 1. The molecule has 0 aliphatic rings. The van der Waals surface area contributed by atoms with Crippen LogP contribution in [-0.2, 0) is 4.74 Å². The number of hydrogen-bond donors (Lipinski definition) is 0. The molecule has 0 radical (unpaired) electrons. The van der Waals surface area contributed by atoms with E-state index in [0.29, 0.717) is 12.0 Å². The molecule has 0 heterocycles. The van der Waals surface area contributed by atoms with Gasteiger partial charge in [-0.1, -0.05) is 70.9 Å². The predicted octanol–water partition coefficient (Wildman–Crippen LogP) is 5.80. The summed E-state index contributed by atoms with van der Waals surface area (Å²) in [7, 11) is 0. The predicted molar refractivity (Wildman–Crippen MR) is 85.8 cm³/mol. The highest BCUT2D eigenvalue weighted by Gasteiger charge is 2.02. The van der Waals surface area contributed by atoms with Crippen LogP contribution in [0.4, 0.5) is 0 Å². The quantitative estimate of drug-likeness (QED) is 0.604. The molecule has 110 valence electrons. The summed E-state index contributed by atoms with van der Waals surface area (Å²) in [6.07, 6.45) is 5.50. The molecule has 0 aromatic heterocycles. The molecule has 0 amide bonds. The van der Waals surface area contributed by atoms with Crippen LogP contribution in [0.2, 0.25) is 0 Å². The molecule has 0 fully saturated rings. The molecule has 1 aromatic rings. The van der Waals surface area contributed by atoms with Gasteiger partial charge in [-0.2, -0.15) is 0 Å². The van der Waals surface area contributed by atoms with E-state index in [1.165, 1.54) is 24.8 Å². The third-order valence-electron chi connectivity index (χ3n) is 3.20. The van der Waals surface area contributed by atoms with Gasteiger partial charge in [0.25, 0.3) is 0 Å². The highest BCUT2D eigenvalue weighted by atomic mass is 16.5. The second-order valence-electron chi connectivity index (χ2n) is 5.19. The van der Waals surface area contributed by atoms with Crippen molar-refractivity contribution in [2.45, 2.75) is 72.3 Å². The van der Waals surface area contributed by atoms with Crippen LogP contribution in [0.25, 0.3) is 0 Å². The molecule has 1 rings (SSSR count). The maximum atomic E-state index is 5.49. The van der Waals surface area contributed by atoms with E-state index >= 15 is 0 Å². The van der Waals surface area contributed by atoms with Crippen molar-refractivity contribution in [3.8, 4) is 0 Å². The molecule has 0 N–H and O–H groups in total. The van der Waals surface area contributed by atoms with E-state index in [4.69, 9.17) is 4.74 Å². The maximum absolute atomic E-state index is 5.49. The third kappa shape index (κ3) is 9.72. The highest BCUT2D eigenvalue weighted by molar-refractivity contribution is 5.17. The first-order chi connectivity index (χ1) is 9.15. The van der Waals surface area contributed by atoms with Crippen molar-refractivity contribution in [1.82, 2.24) is 0 Å². The molecule has 0 saturated heterocycles. The summed E-state index contributed by atoms with van der Waals surface area (Å²) in [5.74, 6) is 0.659. The van der Waals surface area contributed by atoms with E-state index in [1.807, 2.05) is 6.07 Å². The Hall–Kier alpha value is -0.820. The Kier molecular flexibility index (Phi) is 11.7. The summed E-state index contributed by atoms with van der Waals surface area (Å²) >= 11 is 0. The topological polar surface area (TPSA) is 9.23 Å². The fourth-order valence-corrected chi connectivity index (χ4v) is 1.91. The molecule has 0 aliphatic heterocycles. The van der Waals surface area contributed by atoms with E-state index in [2.05, 4.69) is 58.9 Å². The van der Waals surface area contributed by atoms with Gasteiger partial charge in [0.15, 0.2) is 0 Å². The van der Waals surface area contributed by atoms with E-state index in [1.54, 1.807) is 0 Å². The molecule has 0 aliphatic carbocycles. The fourth-order valence-electron chi connectivity index (χ4n) is 1.91. The number of benzene rings is 1. The molecule has 1 aromatic carbocycles. The van der Waals surface area contributed by atoms with Gasteiger partial charge in [0.1, 0.15) is 0 Å². The summed E-state index contributed by atoms with van der Waals surface area (Å²) in [6, 6.07) is 10.5. The minimum atomic E-state index is 0.518. The van der Waals surface area contributed by atoms with E-state index in [9.17, 15) is 0 Å². The van der Waals surface area contributed by atoms with Gasteiger partial charge in [-0.25, -0.2) is 0 Å². The van der Waals surface area contributed by atoms with Crippen LogP contribution >= 0.6 is 0 Å². The Morgan fingerprint density at radius 1 is 1.00 bits per heavy atom. The average molecular weight is 264 g/mol. The second-order valence-corrected chi connectivity index (χ2v) is 5.19. The lowest BCUT2D eigenvalue weighted by molar-refractivity contribution is 0.0527. The molecule has 1 heteroatoms. The lowest BCUT2D eigenvalue weighted by atomic mass is 10.0. The molecule has 1 nitrogen and oxygen atoms in total. The van der Waals surface area contributed by atoms with Crippen LogP contribution in [0.1, 0.15) is 71.8 Å². The lowest BCUT2D eigenvalue weighted by Crippen LogP contribution is -2.10. The minimum Gasteiger partial charge on any atom is -0.379 e. The maximum Gasteiger partial charge on any atom is 0.0572 e. The Balaban J connectivity index is 0.000000342. The van der Waals surface area contributed by atoms with Crippen molar-refractivity contribution in [3.63, 3.8) is 0 Å². The second kappa shape index (κ2) is 12.2. The van der Waals surface area contributed by atoms with Crippen molar-refractivity contribution in [1.29, 1.82) is 0 Å². The Morgan fingerprint density at radius 3 is 2.00 bits per heavy atom. The van der Waals surface area contributed by atoms with Crippen LogP contribution in [0.3, 0.4) is 0 Å². The summed E-state index contributed by atoms with van der Waals surface area (Å²) in [4.78, 5) is 0. The minimum absolute atomic E-state index is 0.518. The van der Waals surface area contributed by atoms with Crippen LogP contribution in [0.15, 0.2) is 30.3 Å². The number of unbranched alkanes of at least 4 members (excludes halogenated alkanes) is 1. The molecule has 0 saturated carbocycles. The van der Waals surface area contributed by atoms with Crippen molar-refractivity contribution in [2.24, 2.45) is 0 Å². The molecular formula is C18H32O. The van der Waals surface area contributed by atoms with E-state index in [0.717, 1.165) is 13.0 Å². The molecule has 0 bridgehead atoms. The van der Waals surface area contributed by atoms with Gasteiger partial charge in [0, 0.05) is 6.61 Å². The Bertz CT molecular complexity index is 279. The van der Waals surface area contributed by atoms with Crippen LogP contribution in [0, 0.1) is 0 Å². The molecular weight excluding hydrogens is 232 g/mol. The molecule has 19 heavy (non-hydrogen) atoms. The van der Waals surface area contributed by atoms with Crippen LogP contribution < -0.4 is 0 Å². The third-order valence-corrected chi connectivity index (χ3v) is 3.20. The van der Waals surface area contributed by atoms with Crippen LogP contribution in [0.5, 0.6) is 0 Å². The van der Waals surface area contributed by atoms with Crippen molar-refractivity contribution >= 4 is 0 Å². The zero-order valence-electron chi connectivity index (χ0n) is 13.5. The molecule has 1 atom stereocenters. The summed E-state index contributed by atoms with van der Waals surface area (Å²) in [5, 5.41) is 0. The van der Waals surface area contributed by atoms with Gasteiger partial charge in [0.05, 0.1) is 6.10 Å². The smallest absolute Gasteiger partial charge is 0.0572 e. The monoisotopic (exact) mass is 264 g/mol. The van der Waals surface area contributed by atoms with E-state index < -0.39 is 0 Å². The van der Waals surface area contributed by atoms with Crippen molar-refractivity contribution in [3.05, 3.63) is 35.9 Å². The first-order valence-corrected chi connectivity index (χ1v) is 7.82. The van der Waals surface area contributed by atoms with Gasteiger partial charge in [-0.15, -0.1) is 0 Å². The molecule has 1 unspecified atom stereocenters. The Morgan fingerprint density at radius 2 is 1.63 bits per heavy atom. The number of rotatable bonds is 7. The highest BCUT2D eigenvalue weighted by Crippen LogP contribution is 2.11. The summed E-state index contributed by atoms with van der Waals surface area (Å²) in [5.41, 5.74) is 1.41. The average Bonchev–Trinajstić information content (AvgIpc) is 2.45. The summed E-state index contributed by atoms with van der Waals surface area (Å²) in [6.45, 7) is 11.7. The Labute approximate surface area is 120 Å². The normalized spacial score (nSPS) is 11.9. The fraction of sp³-hybridized carbons (Fsp3) is 0.667. The van der Waals surface area contributed by atoms with E-state index in [-0.39, 0.29) is 0 Å². The van der Waals surface area contributed by atoms with Crippen LogP contribution in [-0.4, -0.2) is 12.7 Å². The largest absolute Gasteiger partial charge is 0.379 e. The van der Waals surface area contributed by atoms with Gasteiger partial charge >= 0.3 is 0 Å². The number of ether oxygens (including phenoxy) is 1. The van der Waals surface area contributed by atoms with Gasteiger partial charge < -0.3 is 4.74 Å². The van der Waals surface area contributed by atoms with Gasteiger partial charge in [-0.3, -0.25) is 0 Å². The summed E-state index contributed by atoms with van der Waals surface area (Å²) < 4.78 is 5.49. The first kappa shape index (κ1) is 18.2. The first-order valence-electron chi connectivity index (χ1n) is 7.82. The van der Waals surface area contributed by atoms with Gasteiger partial charge in [0.2, 0.25) is 0 Å². The van der Waals surface area contributed by atoms with Crippen molar-refractivity contribution in [2.75, 3.05) is 6.61 Å². The lowest BCUT2D eigenvalue weighted by Gasteiger charge is -2.13. The standard InChI is InChI=1S/C9H20O.C9H12/c1-4-7-8-9(5-2)10-6-3;1-8(2)9-6-4-3-5-7-9/h9H,4-8H2,1-3H3;3-8H,1-2H3. The zero-order chi connectivity index (χ0) is 14.5. The van der Waals surface area contributed by atoms with Crippen molar-refractivity contribution < 1.29 is 4.74 Å². The zero-order valence-corrected chi connectivity index (χ0v) is 13.5.